The molecule has 1 saturated carbocycles. The van der Waals surface area contributed by atoms with Crippen LogP contribution in [-0.4, -0.2) is 40.1 Å². The predicted molar refractivity (Wildman–Crippen MR) is 137 cm³/mol. The number of alkyl halides is 3. The lowest BCUT2D eigenvalue weighted by atomic mass is 9.65. The first kappa shape index (κ1) is 31.4. The Kier molecular flexibility index (Phi) is 6.74. The molecule has 2 aromatic carbocycles. The van der Waals surface area contributed by atoms with Crippen molar-refractivity contribution >= 4 is 56.8 Å². The molecule has 1 aliphatic carbocycles. The molecule has 0 aromatic heterocycles. The number of nitrogens with two attached hydrogens (primary N) is 1. The number of benzene rings is 2. The summed E-state index contributed by atoms with van der Waals surface area (Å²) in [6.07, 6.45) is -11.6. The summed E-state index contributed by atoms with van der Waals surface area (Å²) in [5.74, 6) is -1.56. The summed E-state index contributed by atoms with van der Waals surface area (Å²) in [6.45, 7) is -0.836. The molecule has 4 rings (SSSR count). The molecule has 1 fully saturated rings. The normalized spacial score (nSPS) is 23.3. The van der Waals surface area contributed by atoms with E-state index < -0.39 is 91.1 Å². The minimum absolute atomic E-state index is 0.110. The van der Waals surface area contributed by atoms with Crippen molar-refractivity contribution < 1.29 is 47.3 Å². The third kappa shape index (κ3) is 4.84. The van der Waals surface area contributed by atoms with Crippen molar-refractivity contribution in [1.29, 1.82) is 5.26 Å². The molecule has 0 spiro atoms. The quantitative estimate of drug-likeness (QED) is 0.294. The van der Waals surface area contributed by atoms with Crippen LogP contribution in [0.5, 0.6) is 0 Å². The van der Waals surface area contributed by atoms with Crippen molar-refractivity contribution in [2.24, 2.45) is 21.7 Å². The molecule has 0 bridgehead atoms. The van der Waals surface area contributed by atoms with Crippen LogP contribution in [0.2, 0.25) is 10.0 Å². The molecule has 0 saturated heterocycles. The Morgan fingerprint density at radius 1 is 1.12 bits per heavy atom. The van der Waals surface area contributed by atoms with Gasteiger partial charge in [-0.3, -0.25) is 9.69 Å². The second-order valence-corrected chi connectivity index (χ2v) is 12.9. The summed E-state index contributed by atoms with van der Waals surface area (Å²) in [6, 6.07) is 7.64. The van der Waals surface area contributed by atoms with Crippen molar-refractivity contribution in [2.45, 2.75) is 36.6 Å². The Balaban J connectivity index is 2.09. The first-order chi connectivity index (χ1) is 19.0. The van der Waals surface area contributed by atoms with Crippen LogP contribution in [0.1, 0.15) is 18.4 Å². The topological polar surface area (TPSA) is 123 Å². The van der Waals surface area contributed by atoms with E-state index in [0.29, 0.717) is 0 Å². The van der Waals surface area contributed by atoms with Gasteiger partial charge in [0, 0.05) is 0 Å². The summed E-state index contributed by atoms with van der Waals surface area (Å²) >= 11 is 11.8. The molecule has 2 aromatic rings. The molecule has 2 unspecified atom stereocenters. The smallest absolute Gasteiger partial charge is 0.409 e. The van der Waals surface area contributed by atoms with E-state index >= 15 is 13.2 Å². The molecular weight excluding hydrogens is 649 g/mol. The lowest BCUT2D eigenvalue weighted by Gasteiger charge is -2.47. The van der Waals surface area contributed by atoms with Gasteiger partial charge in [-0.2, -0.15) is 23.5 Å². The molecule has 2 atom stereocenters. The van der Waals surface area contributed by atoms with Crippen LogP contribution >= 0.6 is 33.4 Å². The van der Waals surface area contributed by atoms with E-state index in [2.05, 4.69) is 5.10 Å². The van der Waals surface area contributed by atoms with E-state index in [9.17, 15) is 39.4 Å². The first-order valence-corrected chi connectivity index (χ1v) is 14.1. The fourth-order valence-corrected chi connectivity index (χ4v) is 6.67. The molecule has 1 aliphatic heterocycles. The number of primary amides is 1. The fraction of sp³-hybridized carbons (Fsp3) is 0.304. The molecule has 42 heavy (non-hydrogen) atoms. The average molecular weight is 666 g/mol. The lowest BCUT2D eigenvalue weighted by molar-refractivity contribution is -0.233. The van der Waals surface area contributed by atoms with Crippen LogP contribution < -0.4 is 10.7 Å². The predicted octanol–water partition coefficient (Wildman–Crippen LogP) is 7.67. The number of rotatable bonds is 7. The molecule has 2 aliphatic rings. The second-order valence-electron chi connectivity index (χ2n) is 9.63. The largest absolute Gasteiger partial charge is 0.465 e. The van der Waals surface area contributed by atoms with Crippen molar-refractivity contribution in [1.82, 2.24) is 4.90 Å². The van der Waals surface area contributed by atoms with E-state index in [1.165, 1.54) is 36.4 Å². The number of anilines is 1. The third-order valence-corrected chi connectivity index (χ3v) is 8.83. The number of carboxylic acid groups (broad SMARTS) is 1. The van der Waals surface area contributed by atoms with Crippen molar-refractivity contribution in [3.63, 3.8) is 0 Å². The van der Waals surface area contributed by atoms with Gasteiger partial charge in [0.25, 0.3) is 0 Å². The lowest BCUT2D eigenvalue weighted by Crippen LogP contribution is -2.67. The molecule has 0 radical (unpaired) electrons. The monoisotopic (exact) mass is 665 g/mol. The van der Waals surface area contributed by atoms with Crippen molar-refractivity contribution in [3.05, 3.63) is 58.1 Å². The summed E-state index contributed by atoms with van der Waals surface area (Å²) in [7, 11) is -10.4. The zero-order valence-corrected chi connectivity index (χ0v) is 22.9. The fourth-order valence-electron chi connectivity index (χ4n) is 5.20. The Morgan fingerprint density at radius 2 is 1.64 bits per heavy atom. The van der Waals surface area contributed by atoms with E-state index in [-0.39, 0.29) is 27.6 Å². The van der Waals surface area contributed by atoms with Gasteiger partial charge >= 0.3 is 22.5 Å². The van der Waals surface area contributed by atoms with E-state index in [4.69, 9.17) is 28.9 Å². The number of carbonyl (C=O) groups is 2. The van der Waals surface area contributed by atoms with Gasteiger partial charge in [0.2, 0.25) is 5.91 Å². The number of halogens is 10. The third-order valence-electron chi connectivity index (χ3n) is 7.13. The van der Waals surface area contributed by atoms with Gasteiger partial charge in [0.05, 0.1) is 27.7 Å². The maximum atomic E-state index is 15.4. The van der Waals surface area contributed by atoms with E-state index in [0.717, 1.165) is 0 Å². The molecule has 19 heteroatoms. The zero-order chi connectivity index (χ0) is 31.7. The van der Waals surface area contributed by atoms with Crippen LogP contribution in [0.25, 0.3) is 0 Å². The molecule has 2 amide bonds. The van der Waals surface area contributed by atoms with Crippen LogP contribution in [0, 0.1) is 22.2 Å². The highest BCUT2D eigenvalue weighted by atomic mass is 35.5. The number of hydrogen-bond donors (Lipinski definition) is 2. The average Bonchev–Trinajstić information content (AvgIpc) is 3.57. The maximum absolute atomic E-state index is 15.4. The van der Waals surface area contributed by atoms with Crippen LogP contribution in [0.4, 0.5) is 43.1 Å². The van der Waals surface area contributed by atoms with Gasteiger partial charge in [-0.25, -0.2) is 9.80 Å². The molecule has 1 heterocycles. The standard InChI is InChI=1S/C23H17Cl2F8N5O3S/c24-14-8-13(42(29,30,31,32)33)9-15(25)17(14)38-19(37(20(40)41)11-12-4-2-1-3-5-12)22(23(26,27)28,16(10-34)36-38)21(6-7-21)18(35)39/h1-5,8-9,19H,6-7,11H2,(H2,35,39)(H,40,41). The highest BCUT2D eigenvalue weighted by Crippen LogP contribution is 3.02. The summed E-state index contributed by atoms with van der Waals surface area (Å²) in [5, 5.41) is 21.1. The Morgan fingerprint density at radius 3 is 2.02 bits per heavy atom. The van der Waals surface area contributed by atoms with E-state index in [1.54, 1.807) is 0 Å². The van der Waals surface area contributed by atoms with Crippen LogP contribution in [0.3, 0.4) is 0 Å². The van der Waals surface area contributed by atoms with Crippen LogP contribution in [-0.2, 0) is 11.3 Å². The van der Waals surface area contributed by atoms with Gasteiger partial charge in [-0.15, -0.1) is 0 Å². The Bertz CT molecular complexity index is 1540. The number of nitriles is 1. The Labute approximate surface area is 241 Å². The number of carbonyl (C=O) groups excluding carboxylic acids is 1. The van der Waals surface area contributed by atoms with E-state index in [1.807, 2.05) is 0 Å². The SMILES string of the molecule is N#CC1=NN(c2c(Cl)cc(S(F)(F)(F)(F)F)cc2Cl)C(N(Cc2ccccc2)C(=O)O)C1(C(F)(F)F)C1(C(N)=O)CC1. The number of nitrogens with zero attached hydrogens (tertiary/aromatic N) is 4. The minimum Gasteiger partial charge on any atom is -0.465 e. The number of amides is 2. The first-order valence-electron chi connectivity index (χ1n) is 11.4. The van der Waals surface area contributed by atoms with Gasteiger partial charge < -0.3 is 10.8 Å². The number of hydrogen-bond acceptors (Lipinski definition) is 5. The van der Waals surface area contributed by atoms with Gasteiger partial charge in [0.1, 0.15) is 11.0 Å². The summed E-state index contributed by atoms with van der Waals surface area (Å²) in [4.78, 5) is 22.8. The molecular formula is C23H17Cl2F8N5O3S. The zero-order valence-electron chi connectivity index (χ0n) is 20.6. The minimum atomic E-state index is -10.4. The van der Waals surface area contributed by atoms with Gasteiger partial charge in [0.15, 0.2) is 17.3 Å². The van der Waals surface area contributed by atoms with Crippen LogP contribution in [0.15, 0.2) is 52.5 Å². The van der Waals surface area contributed by atoms with Gasteiger partial charge in [-0.1, -0.05) is 73.0 Å². The van der Waals surface area contributed by atoms with Gasteiger partial charge in [-0.05, 0) is 30.5 Å². The highest BCUT2D eigenvalue weighted by molar-refractivity contribution is 8.45. The summed E-state index contributed by atoms with van der Waals surface area (Å²) in [5.41, 5.74) is -3.45. The maximum Gasteiger partial charge on any atom is 0.409 e. The molecule has 8 nitrogen and oxygen atoms in total. The second kappa shape index (κ2) is 9.01. The number of hydrazone groups is 1. The molecule has 3 N–H and O–H groups in total. The summed E-state index contributed by atoms with van der Waals surface area (Å²) < 4.78 is 114. The Hall–Kier alpha value is -3.49. The highest BCUT2D eigenvalue weighted by Gasteiger charge is 2.84. The van der Waals surface area contributed by atoms with Crippen molar-refractivity contribution in [3.8, 4) is 6.07 Å². The van der Waals surface area contributed by atoms with Crippen molar-refractivity contribution in [2.75, 3.05) is 5.01 Å². The molecule has 228 valence electrons.